The molecule has 1 aromatic heterocycles. The first-order valence-corrected chi connectivity index (χ1v) is 5.48. The lowest BCUT2D eigenvalue weighted by molar-refractivity contribution is -0.0819. The third kappa shape index (κ3) is 1.49. The molecule has 3 atom stereocenters. The Bertz CT molecular complexity index is 499. The van der Waals surface area contributed by atoms with Crippen molar-refractivity contribution in [2.45, 2.75) is 24.2 Å². The highest BCUT2D eigenvalue weighted by Gasteiger charge is 2.52. The van der Waals surface area contributed by atoms with Gasteiger partial charge in [0.1, 0.15) is 18.3 Å². The number of rotatable bonds is 1. The molecule has 0 aromatic carbocycles. The summed E-state index contributed by atoms with van der Waals surface area (Å²) >= 11 is 0. The van der Waals surface area contributed by atoms with Crippen molar-refractivity contribution in [3.05, 3.63) is 28.0 Å². The monoisotopic (exact) mass is 239 g/mol. The zero-order chi connectivity index (χ0) is 12.0. The molecule has 0 radical (unpaired) electrons. The quantitative estimate of drug-likeness (QED) is 0.591. The van der Waals surface area contributed by atoms with E-state index < -0.39 is 17.8 Å². The minimum Gasteiger partial charge on any atom is -0.475 e. The van der Waals surface area contributed by atoms with Gasteiger partial charge in [-0.15, -0.1) is 0 Å². The number of hydrogen-bond acceptors (Lipinski definition) is 5. The number of aliphatic hydroxyl groups is 2. The summed E-state index contributed by atoms with van der Waals surface area (Å²) in [6.45, 7) is 0.0114. The molecule has 2 aliphatic rings. The topological polar surface area (TPSA) is 91.8 Å². The smallest absolute Gasteiger partial charge is 0.250 e. The van der Waals surface area contributed by atoms with Gasteiger partial charge in [0.25, 0.3) is 5.56 Å². The highest BCUT2D eigenvalue weighted by atomic mass is 16.6. The second-order valence-corrected chi connectivity index (χ2v) is 4.46. The van der Waals surface area contributed by atoms with Crippen molar-refractivity contribution >= 4 is 0 Å². The van der Waals surface area contributed by atoms with E-state index in [1.54, 1.807) is 6.07 Å². The molecule has 2 aliphatic heterocycles. The molecule has 0 aliphatic carbocycles. The van der Waals surface area contributed by atoms with Crippen LogP contribution in [0.15, 0.2) is 16.9 Å². The molecule has 17 heavy (non-hydrogen) atoms. The Hall–Kier alpha value is -1.37. The highest BCUT2D eigenvalue weighted by molar-refractivity contribution is 5.37. The fourth-order valence-electron chi connectivity index (χ4n) is 2.51. The van der Waals surface area contributed by atoms with E-state index in [2.05, 4.69) is 4.98 Å². The third-order valence-electron chi connectivity index (χ3n) is 3.35. The molecule has 1 aromatic rings. The number of aromatic nitrogens is 1. The van der Waals surface area contributed by atoms with E-state index in [1.807, 2.05) is 0 Å². The predicted octanol–water partition coefficient (Wildman–Crippen LogP) is -0.895. The zero-order valence-electron chi connectivity index (χ0n) is 9.05. The fourth-order valence-corrected chi connectivity index (χ4v) is 2.51. The number of aromatic amines is 1. The molecule has 1 spiro atoms. The van der Waals surface area contributed by atoms with Gasteiger partial charge in [-0.1, -0.05) is 0 Å². The van der Waals surface area contributed by atoms with Crippen molar-refractivity contribution in [3.8, 4) is 5.88 Å². The first-order chi connectivity index (χ1) is 8.14. The maximum Gasteiger partial charge on any atom is 0.250 e. The molecule has 6 heteroatoms. The third-order valence-corrected chi connectivity index (χ3v) is 3.35. The summed E-state index contributed by atoms with van der Waals surface area (Å²) in [5.41, 5.74) is -0.253. The maximum absolute atomic E-state index is 11.2. The Labute approximate surface area is 96.8 Å². The van der Waals surface area contributed by atoms with Gasteiger partial charge in [0.05, 0.1) is 12.7 Å². The van der Waals surface area contributed by atoms with Gasteiger partial charge in [-0.25, -0.2) is 0 Å². The van der Waals surface area contributed by atoms with Crippen LogP contribution in [0.4, 0.5) is 0 Å². The van der Waals surface area contributed by atoms with Crippen LogP contribution < -0.4 is 10.3 Å². The fraction of sp³-hybridized carbons (Fsp3) is 0.545. The van der Waals surface area contributed by atoms with E-state index in [4.69, 9.17) is 14.6 Å². The van der Waals surface area contributed by atoms with Crippen molar-refractivity contribution in [1.29, 1.82) is 0 Å². The van der Waals surface area contributed by atoms with E-state index in [-0.39, 0.29) is 18.8 Å². The summed E-state index contributed by atoms with van der Waals surface area (Å²) in [5.74, 6) is 0.392. The van der Waals surface area contributed by atoms with Crippen molar-refractivity contribution < 1.29 is 19.7 Å². The highest BCUT2D eigenvalue weighted by Crippen LogP contribution is 2.46. The molecule has 1 fully saturated rings. The van der Waals surface area contributed by atoms with E-state index in [1.165, 1.54) is 6.07 Å². The molecule has 0 unspecified atom stereocenters. The molecule has 3 N–H and O–H groups in total. The van der Waals surface area contributed by atoms with Crippen LogP contribution >= 0.6 is 0 Å². The molecule has 0 amide bonds. The summed E-state index contributed by atoms with van der Waals surface area (Å²) in [6, 6.07) is 3.05. The van der Waals surface area contributed by atoms with E-state index >= 15 is 0 Å². The molecule has 6 nitrogen and oxygen atoms in total. The van der Waals surface area contributed by atoms with Crippen LogP contribution in [0.2, 0.25) is 0 Å². The number of ether oxygens (including phenoxy) is 2. The maximum atomic E-state index is 11.2. The van der Waals surface area contributed by atoms with Crippen LogP contribution in [0.25, 0.3) is 0 Å². The molecular weight excluding hydrogens is 226 g/mol. The summed E-state index contributed by atoms with van der Waals surface area (Å²) in [7, 11) is 0. The van der Waals surface area contributed by atoms with Gasteiger partial charge in [-0.2, -0.15) is 0 Å². The Morgan fingerprint density at radius 3 is 3.06 bits per heavy atom. The minimum atomic E-state index is -0.744. The van der Waals surface area contributed by atoms with Crippen LogP contribution in [-0.4, -0.2) is 40.6 Å². The Morgan fingerprint density at radius 2 is 2.35 bits per heavy atom. The summed E-state index contributed by atoms with van der Waals surface area (Å²) in [4.78, 5) is 13.7. The lowest BCUT2D eigenvalue weighted by Crippen LogP contribution is -2.29. The minimum absolute atomic E-state index is 0.235. The number of nitrogens with one attached hydrogen (secondary N) is 1. The Balaban J connectivity index is 2.01. The molecular formula is C11H13NO5. The zero-order valence-corrected chi connectivity index (χ0v) is 9.05. The van der Waals surface area contributed by atoms with Crippen LogP contribution in [-0.2, 0) is 10.3 Å². The van der Waals surface area contributed by atoms with Gasteiger partial charge < -0.3 is 19.7 Å². The van der Waals surface area contributed by atoms with Crippen molar-refractivity contribution in [3.63, 3.8) is 0 Å². The van der Waals surface area contributed by atoms with Gasteiger partial charge in [-0.3, -0.25) is 9.78 Å². The molecule has 92 valence electrons. The number of fused-ring (bicyclic) bond motifs is 2. The van der Waals surface area contributed by atoms with E-state index in [0.29, 0.717) is 12.3 Å². The van der Waals surface area contributed by atoms with Crippen molar-refractivity contribution in [2.24, 2.45) is 0 Å². The standard InChI is InChI=1S/C11H13NO5/c13-4-8-7(14)3-11(17-8)5-16-10-6(11)1-2-9(15)12-10/h1-2,7-8,13-14H,3-5H2,(H,12,15)/t7-,8+,11-/m0/s1. The lowest BCUT2D eigenvalue weighted by Gasteiger charge is -2.21. The van der Waals surface area contributed by atoms with Gasteiger partial charge >= 0.3 is 0 Å². The van der Waals surface area contributed by atoms with Crippen LogP contribution in [0.3, 0.4) is 0 Å². The Morgan fingerprint density at radius 1 is 1.53 bits per heavy atom. The van der Waals surface area contributed by atoms with Crippen LogP contribution in [0.1, 0.15) is 12.0 Å². The van der Waals surface area contributed by atoms with Gasteiger partial charge in [0.15, 0.2) is 5.88 Å². The number of aliphatic hydroxyl groups excluding tert-OH is 2. The van der Waals surface area contributed by atoms with Gasteiger partial charge in [0.2, 0.25) is 0 Å². The van der Waals surface area contributed by atoms with Gasteiger partial charge in [0, 0.05) is 18.1 Å². The van der Waals surface area contributed by atoms with Crippen molar-refractivity contribution in [1.82, 2.24) is 4.98 Å². The second kappa shape index (κ2) is 3.56. The first kappa shape index (κ1) is 10.8. The Kier molecular flexibility index (Phi) is 2.25. The van der Waals surface area contributed by atoms with Gasteiger partial charge in [-0.05, 0) is 6.07 Å². The SMILES string of the molecule is O=c1ccc2c([nH]1)OC[C@@]21C[C@H](O)[C@@H](CO)O1. The van der Waals surface area contributed by atoms with E-state index in [0.717, 1.165) is 5.56 Å². The second-order valence-electron chi connectivity index (χ2n) is 4.46. The lowest BCUT2D eigenvalue weighted by atomic mass is 9.93. The molecule has 1 saturated heterocycles. The average molecular weight is 239 g/mol. The van der Waals surface area contributed by atoms with Crippen molar-refractivity contribution in [2.75, 3.05) is 13.2 Å². The van der Waals surface area contributed by atoms with Crippen LogP contribution in [0.5, 0.6) is 5.88 Å². The average Bonchev–Trinajstić information content (AvgIpc) is 2.81. The molecule has 3 heterocycles. The number of pyridine rings is 1. The molecule has 3 rings (SSSR count). The summed E-state index contributed by atoms with van der Waals surface area (Å²) in [5, 5.41) is 18.9. The largest absolute Gasteiger partial charge is 0.475 e. The first-order valence-electron chi connectivity index (χ1n) is 5.48. The normalized spacial score (nSPS) is 34.9. The number of H-pyrrole nitrogens is 1. The molecule has 0 bridgehead atoms. The number of hydrogen-bond donors (Lipinski definition) is 3. The summed E-state index contributed by atoms with van der Waals surface area (Å²) < 4.78 is 11.1. The predicted molar refractivity (Wildman–Crippen MR) is 56.8 cm³/mol. The van der Waals surface area contributed by atoms with E-state index in [9.17, 15) is 9.90 Å². The summed E-state index contributed by atoms with van der Waals surface area (Å²) in [6.07, 6.45) is -0.963. The van der Waals surface area contributed by atoms with Crippen LogP contribution in [0, 0.1) is 0 Å². The molecule has 0 saturated carbocycles.